The zero-order valence-electron chi connectivity index (χ0n) is 12.8. The van der Waals surface area contributed by atoms with Crippen molar-refractivity contribution in [2.24, 2.45) is 11.8 Å². The fourth-order valence-corrected chi connectivity index (χ4v) is 3.26. The number of hydrogen-bond donors (Lipinski definition) is 2. The molecule has 122 valence electrons. The zero-order valence-corrected chi connectivity index (χ0v) is 12.8. The third-order valence-electron chi connectivity index (χ3n) is 4.75. The largest absolute Gasteiger partial charge is 0.481 e. The summed E-state index contributed by atoms with van der Waals surface area (Å²) in [5.74, 6) is -2.48. The van der Waals surface area contributed by atoms with Gasteiger partial charge in [0.15, 0.2) is 0 Å². The molecule has 0 radical (unpaired) electrons. The van der Waals surface area contributed by atoms with Gasteiger partial charge in [0.2, 0.25) is 11.8 Å². The lowest BCUT2D eigenvalue weighted by Gasteiger charge is -2.36. The van der Waals surface area contributed by atoms with Crippen molar-refractivity contribution < 1.29 is 19.5 Å². The Bertz CT molecular complexity index is 616. The van der Waals surface area contributed by atoms with Crippen LogP contribution in [0.4, 0.5) is 5.69 Å². The first-order valence-corrected chi connectivity index (χ1v) is 7.97. The summed E-state index contributed by atoms with van der Waals surface area (Å²) in [6.45, 7) is 0.635. The predicted octanol–water partition coefficient (Wildman–Crippen LogP) is 1.41. The maximum absolute atomic E-state index is 12.6. The number of carboxylic acid groups (broad SMARTS) is 1. The Morgan fingerprint density at radius 3 is 2.39 bits per heavy atom. The fourth-order valence-electron chi connectivity index (χ4n) is 3.26. The average molecular weight is 316 g/mol. The molecule has 1 aliphatic heterocycles. The molecule has 2 fully saturated rings. The van der Waals surface area contributed by atoms with E-state index in [2.05, 4.69) is 5.32 Å². The smallest absolute Gasteiger partial charge is 0.307 e. The second kappa shape index (κ2) is 6.40. The number of nitrogens with zero attached hydrogens (tertiary/aromatic N) is 1. The average Bonchev–Trinajstić information content (AvgIpc) is 2.48. The monoisotopic (exact) mass is 316 g/mol. The molecular weight excluding hydrogens is 296 g/mol. The van der Waals surface area contributed by atoms with Gasteiger partial charge in [0, 0.05) is 12.2 Å². The minimum absolute atomic E-state index is 0.123. The number of nitrogens with one attached hydrogen (secondary N) is 1. The van der Waals surface area contributed by atoms with E-state index in [0.717, 1.165) is 12.1 Å². The van der Waals surface area contributed by atoms with Crippen LogP contribution in [0.2, 0.25) is 0 Å². The molecule has 1 saturated heterocycles. The number of anilines is 1. The second-order valence-electron chi connectivity index (χ2n) is 6.16. The van der Waals surface area contributed by atoms with Crippen LogP contribution in [0.25, 0.3) is 0 Å². The standard InChI is InChI=1S/C17H20N2O4/c20-15(12-8-9-13(12)17(22)23)18-14-7-4-10-19(16(14)21)11-5-2-1-3-6-11/h1-3,5-6,12-14H,4,7-10H2,(H,18,20)(H,22,23). The van der Waals surface area contributed by atoms with Gasteiger partial charge in [0.1, 0.15) is 6.04 Å². The molecule has 1 heterocycles. The van der Waals surface area contributed by atoms with Gasteiger partial charge < -0.3 is 15.3 Å². The van der Waals surface area contributed by atoms with Crippen molar-refractivity contribution in [3.8, 4) is 0 Å². The molecule has 0 aromatic heterocycles. The molecule has 3 atom stereocenters. The molecule has 23 heavy (non-hydrogen) atoms. The van der Waals surface area contributed by atoms with Gasteiger partial charge in [-0.3, -0.25) is 14.4 Å². The van der Waals surface area contributed by atoms with Crippen molar-refractivity contribution in [1.29, 1.82) is 0 Å². The molecule has 0 bridgehead atoms. The van der Waals surface area contributed by atoms with Crippen LogP contribution in [0.5, 0.6) is 0 Å². The normalized spacial score (nSPS) is 27.2. The van der Waals surface area contributed by atoms with E-state index in [4.69, 9.17) is 5.11 Å². The Kier molecular flexibility index (Phi) is 4.32. The molecule has 6 nitrogen and oxygen atoms in total. The van der Waals surface area contributed by atoms with E-state index in [-0.39, 0.29) is 11.8 Å². The van der Waals surface area contributed by atoms with E-state index in [1.54, 1.807) is 4.90 Å². The maximum atomic E-state index is 12.6. The van der Waals surface area contributed by atoms with Gasteiger partial charge in [-0.05, 0) is 37.8 Å². The van der Waals surface area contributed by atoms with Crippen molar-refractivity contribution in [3.05, 3.63) is 30.3 Å². The minimum atomic E-state index is -0.933. The summed E-state index contributed by atoms with van der Waals surface area (Å²) in [4.78, 5) is 37.6. The lowest BCUT2D eigenvalue weighted by Crippen LogP contribution is -2.55. The van der Waals surface area contributed by atoms with E-state index >= 15 is 0 Å². The zero-order chi connectivity index (χ0) is 16.4. The van der Waals surface area contributed by atoms with Crippen molar-refractivity contribution in [3.63, 3.8) is 0 Å². The Labute approximate surface area is 134 Å². The van der Waals surface area contributed by atoms with Crippen molar-refractivity contribution >= 4 is 23.5 Å². The SMILES string of the molecule is O=C(O)C1CCC1C(=O)NC1CCCN(c2ccccc2)C1=O. The van der Waals surface area contributed by atoms with Gasteiger partial charge >= 0.3 is 5.97 Å². The number of carbonyl (C=O) groups excluding carboxylic acids is 2. The molecule has 1 aromatic carbocycles. The molecule has 1 aliphatic carbocycles. The highest BCUT2D eigenvalue weighted by Crippen LogP contribution is 2.34. The van der Waals surface area contributed by atoms with Crippen molar-refractivity contribution in [2.75, 3.05) is 11.4 Å². The molecule has 2 amide bonds. The molecule has 0 spiro atoms. The summed E-state index contributed by atoms with van der Waals surface area (Å²) < 4.78 is 0. The Hall–Kier alpha value is -2.37. The quantitative estimate of drug-likeness (QED) is 0.879. The number of carbonyl (C=O) groups is 3. The number of aliphatic carboxylic acids is 1. The summed E-state index contributed by atoms with van der Waals surface area (Å²) >= 11 is 0. The lowest BCUT2D eigenvalue weighted by molar-refractivity contribution is -0.153. The highest BCUT2D eigenvalue weighted by molar-refractivity contribution is 6.00. The highest BCUT2D eigenvalue weighted by atomic mass is 16.4. The lowest BCUT2D eigenvalue weighted by atomic mass is 9.73. The molecule has 2 N–H and O–H groups in total. The number of rotatable bonds is 4. The van der Waals surface area contributed by atoms with Gasteiger partial charge in [-0.1, -0.05) is 18.2 Å². The van der Waals surface area contributed by atoms with Crippen LogP contribution in [0.1, 0.15) is 25.7 Å². The molecule has 6 heteroatoms. The van der Waals surface area contributed by atoms with Crippen LogP contribution in [-0.2, 0) is 14.4 Å². The summed E-state index contributed by atoms with van der Waals surface area (Å²) in [6, 6.07) is 8.81. The number of para-hydroxylation sites is 1. The van der Waals surface area contributed by atoms with Crippen LogP contribution in [-0.4, -0.2) is 35.5 Å². The first-order chi connectivity index (χ1) is 11.1. The summed E-state index contributed by atoms with van der Waals surface area (Å²) in [6.07, 6.45) is 2.51. The van der Waals surface area contributed by atoms with E-state index in [0.29, 0.717) is 25.8 Å². The van der Waals surface area contributed by atoms with Gasteiger partial charge in [-0.2, -0.15) is 0 Å². The van der Waals surface area contributed by atoms with Crippen molar-refractivity contribution in [1.82, 2.24) is 5.32 Å². The van der Waals surface area contributed by atoms with E-state index in [1.807, 2.05) is 30.3 Å². The van der Waals surface area contributed by atoms with Crippen LogP contribution in [0.15, 0.2) is 30.3 Å². The second-order valence-corrected chi connectivity index (χ2v) is 6.16. The summed E-state index contributed by atoms with van der Waals surface area (Å²) in [5.41, 5.74) is 0.823. The third-order valence-corrected chi connectivity index (χ3v) is 4.75. The van der Waals surface area contributed by atoms with E-state index in [9.17, 15) is 14.4 Å². The Morgan fingerprint density at radius 2 is 1.78 bits per heavy atom. The number of piperidine rings is 1. The van der Waals surface area contributed by atoms with E-state index < -0.39 is 23.8 Å². The van der Waals surface area contributed by atoms with Crippen molar-refractivity contribution in [2.45, 2.75) is 31.7 Å². The molecular formula is C17H20N2O4. The van der Waals surface area contributed by atoms with E-state index in [1.165, 1.54) is 0 Å². The molecule has 1 aromatic rings. The number of benzene rings is 1. The first-order valence-electron chi connectivity index (χ1n) is 7.97. The van der Waals surface area contributed by atoms with Crippen LogP contribution in [0, 0.1) is 11.8 Å². The van der Waals surface area contributed by atoms with Gasteiger partial charge in [0.05, 0.1) is 11.8 Å². The Morgan fingerprint density at radius 1 is 1.09 bits per heavy atom. The Balaban J connectivity index is 1.65. The number of amides is 2. The summed E-state index contributed by atoms with van der Waals surface area (Å²) in [5, 5.41) is 11.8. The van der Waals surface area contributed by atoms with Gasteiger partial charge in [0.25, 0.3) is 0 Å². The van der Waals surface area contributed by atoms with Crippen LogP contribution in [0.3, 0.4) is 0 Å². The summed E-state index contributed by atoms with van der Waals surface area (Å²) in [7, 11) is 0. The van der Waals surface area contributed by atoms with Gasteiger partial charge in [-0.25, -0.2) is 0 Å². The fraction of sp³-hybridized carbons (Fsp3) is 0.471. The first kappa shape index (κ1) is 15.5. The highest BCUT2D eigenvalue weighted by Gasteiger charge is 2.43. The number of hydrogen-bond acceptors (Lipinski definition) is 3. The van der Waals surface area contributed by atoms with Gasteiger partial charge in [-0.15, -0.1) is 0 Å². The molecule has 3 unspecified atom stereocenters. The molecule has 2 aliphatic rings. The number of carboxylic acids is 1. The third kappa shape index (κ3) is 3.06. The maximum Gasteiger partial charge on any atom is 0.307 e. The minimum Gasteiger partial charge on any atom is -0.481 e. The topological polar surface area (TPSA) is 86.7 Å². The molecule has 1 saturated carbocycles. The van der Waals surface area contributed by atoms with Crippen LogP contribution < -0.4 is 10.2 Å². The molecule has 3 rings (SSSR count). The predicted molar refractivity (Wildman–Crippen MR) is 83.8 cm³/mol. The van der Waals surface area contributed by atoms with Crippen LogP contribution >= 0.6 is 0 Å².